The Bertz CT molecular complexity index is 3180. The lowest BCUT2D eigenvalue weighted by Gasteiger charge is -2.29. The van der Waals surface area contributed by atoms with Crippen molar-refractivity contribution in [1.82, 2.24) is 0 Å². The van der Waals surface area contributed by atoms with E-state index in [1.54, 1.807) is 0 Å². The van der Waals surface area contributed by atoms with Gasteiger partial charge in [-0.25, -0.2) is 0 Å². The molecule has 0 unspecified atom stereocenters. The molecule has 0 N–H and O–H groups in total. The van der Waals surface area contributed by atoms with Crippen molar-refractivity contribution in [2.45, 2.75) is 13.8 Å². The van der Waals surface area contributed by atoms with E-state index in [9.17, 15) is 0 Å². The quantitative estimate of drug-likeness (QED) is 0.135. The van der Waals surface area contributed by atoms with Crippen molar-refractivity contribution < 1.29 is 4.42 Å². The summed E-state index contributed by atoms with van der Waals surface area (Å²) in [6.45, 7) is 4.29. The SMILES string of the molecule is Cc1ccc(N(c2ccc(C)cc2)c2c3ccccc3c(-c3ccc4c(c3)oc3cc5c6ccccc6c6ccccc6c5cc34)c3ccccc23)cc1. The van der Waals surface area contributed by atoms with Crippen LogP contribution in [0, 0.1) is 13.8 Å². The Morgan fingerprint density at radius 2 is 0.759 bits per heavy atom. The standard InChI is InChI=1S/C52H35NO/c1-32-19-24-35(25-20-32)53(36-26-21-33(2)22-27-36)52-44-17-9-7-15-42(44)51(43-16-8-10-18-45(43)52)34-23-28-41-48-30-46-39-13-5-3-11-37(39)38-12-4-6-14-40(38)47(46)31-50(48)54-49(41)29-34/h3-31H,1-2H3. The van der Waals surface area contributed by atoms with Gasteiger partial charge in [0.2, 0.25) is 0 Å². The van der Waals surface area contributed by atoms with Gasteiger partial charge in [0.05, 0.1) is 5.69 Å². The third-order valence-electron chi connectivity index (χ3n) is 11.3. The highest BCUT2D eigenvalue weighted by molar-refractivity contribution is 6.28. The molecule has 0 spiro atoms. The Morgan fingerprint density at radius 3 is 1.28 bits per heavy atom. The largest absolute Gasteiger partial charge is 0.456 e. The maximum Gasteiger partial charge on any atom is 0.136 e. The fourth-order valence-corrected chi connectivity index (χ4v) is 8.78. The zero-order valence-corrected chi connectivity index (χ0v) is 30.1. The molecule has 54 heavy (non-hydrogen) atoms. The Balaban J connectivity index is 1.17. The minimum absolute atomic E-state index is 0.893. The van der Waals surface area contributed by atoms with Gasteiger partial charge in [-0.15, -0.1) is 0 Å². The second-order valence-electron chi connectivity index (χ2n) is 14.6. The molecule has 0 saturated carbocycles. The molecule has 2 nitrogen and oxygen atoms in total. The molecule has 254 valence electrons. The first-order valence-electron chi connectivity index (χ1n) is 18.7. The lowest BCUT2D eigenvalue weighted by molar-refractivity contribution is 0.669. The van der Waals surface area contributed by atoms with Crippen LogP contribution < -0.4 is 4.90 Å². The highest BCUT2D eigenvalue weighted by atomic mass is 16.3. The van der Waals surface area contributed by atoms with Gasteiger partial charge in [0.25, 0.3) is 0 Å². The summed E-state index contributed by atoms with van der Waals surface area (Å²) in [5, 5.41) is 14.6. The first kappa shape index (κ1) is 30.7. The molecular weight excluding hydrogens is 655 g/mol. The van der Waals surface area contributed by atoms with E-state index < -0.39 is 0 Å². The second kappa shape index (κ2) is 11.8. The van der Waals surface area contributed by atoms with Crippen molar-refractivity contribution in [2.75, 3.05) is 4.90 Å². The monoisotopic (exact) mass is 689 g/mol. The van der Waals surface area contributed by atoms with E-state index in [-0.39, 0.29) is 0 Å². The minimum Gasteiger partial charge on any atom is -0.456 e. The number of fused-ring (bicyclic) bond motifs is 11. The molecule has 0 aliphatic rings. The van der Waals surface area contributed by atoms with Gasteiger partial charge in [0.1, 0.15) is 11.2 Å². The number of rotatable bonds is 4. The van der Waals surface area contributed by atoms with Gasteiger partial charge in [0, 0.05) is 32.9 Å². The molecule has 0 bridgehead atoms. The first-order valence-corrected chi connectivity index (χ1v) is 18.7. The minimum atomic E-state index is 0.893. The van der Waals surface area contributed by atoms with Crippen LogP contribution >= 0.6 is 0 Å². The molecule has 1 heterocycles. The molecule has 11 rings (SSSR count). The van der Waals surface area contributed by atoms with Crippen LogP contribution in [0.5, 0.6) is 0 Å². The van der Waals surface area contributed by atoms with Gasteiger partial charge >= 0.3 is 0 Å². The van der Waals surface area contributed by atoms with Gasteiger partial charge in [-0.2, -0.15) is 0 Å². The number of anilines is 3. The lowest BCUT2D eigenvalue weighted by Crippen LogP contribution is -2.11. The number of nitrogens with zero attached hydrogens (tertiary/aromatic N) is 1. The van der Waals surface area contributed by atoms with Crippen LogP contribution in [0.25, 0.3) is 86.9 Å². The summed E-state index contributed by atoms with van der Waals surface area (Å²) in [6, 6.07) is 64.3. The molecule has 0 atom stereocenters. The zero-order chi connectivity index (χ0) is 35.9. The predicted molar refractivity (Wildman–Crippen MR) is 231 cm³/mol. The first-order chi connectivity index (χ1) is 26.6. The van der Waals surface area contributed by atoms with Crippen molar-refractivity contribution in [2.24, 2.45) is 0 Å². The van der Waals surface area contributed by atoms with Gasteiger partial charge in [-0.1, -0.05) is 139 Å². The topological polar surface area (TPSA) is 16.4 Å². The number of hydrogen-bond donors (Lipinski definition) is 0. The summed E-state index contributed by atoms with van der Waals surface area (Å²) < 4.78 is 6.80. The Labute approximate surface area is 313 Å². The normalized spacial score (nSPS) is 11.9. The zero-order valence-electron chi connectivity index (χ0n) is 30.1. The average Bonchev–Trinajstić information content (AvgIpc) is 3.58. The van der Waals surface area contributed by atoms with Crippen LogP contribution in [0.1, 0.15) is 11.1 Å². The average molecular weight is 690 g/mol. The van der Waals surface area contributed by atoms with Gasteiger partial charge < -0.3 is 9.32 Å². The molecule has 1 aromatic heterocycles. The molecule has 2 heteroatoms. The highest BCUT2D eigenvalue weighted by Gasteiger charge is 2.23. The molecule has 0 aliphatic heterocycles. The van der Waals surface area contributed by atoms with E-state index >= 15 is 0 Å². The molecule has 0 saturated heterocycles. The second-order valence-corrected chi connectivity index (χ2v) is 14.6. The van der Waals surface area contributed by atoms with Crippen LogP contribution in [-0.4, -0.2) is 0 Å². The van der Waals surface area contributed by atoms with E-state index in [0.717, 1.165) is 38.9 Å². The summed E-state index contributed by atoms with van der Waals surface area (Å²) in [6.07, 6.45) is 0. The van der Waals surface area contributed by atoms with Crippen LogP contribution in [-0.2, 0) is 0 Å². The van der Waals surface area contributed by atoms with Gasteiger partial charge in [-0.05, 0) is 117 Å². The predicted octanol–water partition coefficient (Wildman–Crippen LogP) is 15.1. The number of aryl methyl sites for hydroxylation is 2. The number of hydrogen-bond acceptors (Lipinski definition) is 2. The van der Waals surface area contributed by atoms with Crippen molar-refractivity contribution in [1.29, 1.82) is 0 Å². The van der Waals surface area contributed by atoms with E-state index in [0.29, 0.717) is 0 Å². The van der Waals surface area contributed by atoms with Gasteiger partial charge in [0.15, 0.2) is 0 Å². The Morgan fingerprint density at radius 1 is 0.333 bits per heavy atom. The van der Waals surface area contributed by atoms with E-state index in [4.69, 9.17) is 4.42 Å². The highest BCUT2D eigenvalue weighted by Crippen LogP contribution is 2.49. The Hall–Kier alpha value is -6.90. The molecule has 0 aliphatic carbocycles. The van der Waals surface area contributed by atoms with Crippen LogP contribution in [0.3, 0.4) is 0 Å². The summed E-state index contributed by atoms with van der Waals surface area (Å²) in [5.74, 6) is 0. The number of benzene rings is 10. The van der Waals surface area contributed by atoms with Crippen LogP contribution in [0.2, 0.25) is 0 Å². The van der Waals surface area contributed by atoms with E-state index in [2.05, 4.69) is 195 Å². The Kier molecular flexibility index (Phi) is 6.72. The van der Waals surface area contributed by atoms with Crippen LogP contribution in [0.4, 0.5) is 17.1 Å². The van der Waals surface area contributed by atoms with Crippen molar-refractivity contribution in [3.05, 3.63) is 187 Å². The van der Waals surface area contributed by atoms with Crippen molar-refractivity contribution in [3.63, 3.8) is 0 Å². The summed E-state index contributed by atoms with van der Waals surface area (Å²) in [4.78, 5) is 2.42. The van der Waals surface area contributed by atoms with Crippen molar-refractivity contribution >= 4 is 92.9 Å². The molecule has 11 aromatic rings. The lowest BCUT2D eigenvalue weighted by atomic mass is 9.89. The third-order valence-corrected chi connectivity index (χ3v) is 11.3. The molecule has 0 fully saturated rings. The van der Waals surface area contributed by atoms with E-state index in [1.165, 1.54) is 76.2 Å². The molecule has 0 amide bonds. The third kappa shape index (κ3) is 4.60. The fourth-order valence-electron chi connectivity index (χ4n) is 8.78. The van der Waals surface area contributed by atoms with Crippen LogP contribution in [0.15, 0.2) is 180 Å². The molecule has 10 aromatic carbocycles. The fraction of sp³-hybridized carbons (Fsp3) is 0.0385. The smallest absolute Gasteiger partial charge is 0.136 e. The van der Waals surface area contributed by atoms with Crippen molar-refractivity contribution in [3.8, 4) is 11.1 Å². The van der Waals surface area contributed by atoms with E-state index in [1.807, 2.05) is 0 Å². The summed E-state index contributed by atoms with van der Waals surface area (Å²) >= 11 is 0. The summed E-state index contributed by atoms with van der Waals surface area (Å²) in [5.41, 5.74) is 10.1. The summed E-state index contributed by atoms with van der Waals surface area (Å²) in [7, 11) is 0. The van der Waals surface area contributed by atoms with Gasteiger partial charge in [-0.3, -0.25) is 0 Å². The number of furan rings is 1. The molecule has 0 radical (unpaired) electrons. The maximum absolute atomic E-state index is 6.80. The molecular formula is C52H35NO. The maximum atomic E-state index is 6.80.